The summed E-state index contributed by atoms with van der Waals surface area (Å²) < 4.78 is 25.6. The molecule has 1 amide bonds. The molecule has 0 saturated carbocycles. The van der Waals surface area contributed by atoms with Crippen LogP contribution in [0, 0.1) is 10.1 Å². The van der Waals surface area contributed by atoms with Gasteiger partial charge < -0.3 is 5.73 Å². The van der Waals surface area contributed by atoms with Crippen molar-refractivity contribution in [1.29, 1.82) is 0 Å². The molecule has 1 aromatic heterocycles. The van der Waals surface area contributed by atoms with Crippen molar-refractivity contribution >= 4 is 44.6 Å². The van der Waals surface area contributed by atoms with E-state index in [1.807, 2.05) is 0 Å². The molecule has 0 bridgehead atoms. The standard InChI is InChI=1S/C10H12ClN3O5S2/c11-9-7(14(16)17)5-8(20-9)21(18,19)13-4-2-1-3-6(13)10(12)15/h5-6H,1-4H2,(H2,12,15). The first kappa shape index (κ1) is 16.1. The highest BCUT2D eigenvalue weighted by Gasteiger charge is 2.38. The van der Waals surface area contributed by atoms with Crippen LogP contribution in [0.25, 0.3) is 0 Å². The van der Waals surface area contributed by atoms with Crippen molar-refractivity contribution in [3.63, 3.8) is 0 Å². The molecule has 1 aliphatic heterocycles. The SMILES string of the molecule is NC(=O)C1CCCCN1S(=O)(=O)c1cc([N+](=O)[O-])c(Cl)s1. The molecule has 1 fully saturated rings. The van der Waals surface area contributed by atoms with Gasteiger partial charge in [-0.1, -0.05) is 18.0 Å². The first-order chi connectivity index (χ1) is 9.75. The Morgan fingerprint density at radius 1 is 1.52 bits per heavy atom. The normalized spacial score (nSPS) is 20.3. The summed E-state index contributed by atoms with van der Waals surface area (Å²) in [5.74, 6) is -0.726. The van der Waals surface area contributed by atoms with Crippen molar-refractivity contribution in [2.75, 3.05) is 6.54 Å². The largest absolute Gasteiger partial charge is 0.368 e. The average Bonchev–Trinajstić information content (AvgIpc) is 2.81. The van der Waals surface area contributed by atoms with Gasteiger partial charge in [0, 0.05) is 12.6 Å². The molecule has 0 radical (unpaired) electrons. The summed E-state index contributed by atoms with van der Waals surface area (Å²) in [7, 11) is -4.03. The van der Waals surface area contributed by atoms with E-state index in [9.17, 15) is 23.3 Å². The van der Waals surface area contributed by atoms with Crippen LogP contribution in [0.1, 0.15) is 19.3 Å². The van der Waals surface area contributed by atoms with E-state index in [0.717, 1.165) is 10.4 Å². The lowest BCUT2D eigenvalue weighted by Crippen LogP contribution is -2.50. The summed E-state index contributed by atoms with van der Waals surface area (Å²) in [5.41, 5.74) is 4.77. The molecule has 1 unspecified atom stereocenters. The second kappa shape index (κ2) is 5.87. The van der Waals surface area contributed by atoms with E-state index in [0.29, 0.717) is 30.6 Å². The van der Waals surface area contributed by atoms with E-state index in [1.54, 1.807) is 0 Å². The summed E-state index contributed by atoms with van der Waals surface area (Å²) in [6, 6.07) is -0.0154. The summed E-state index contributed by atoms with van der Waals surface area (Å²) in [5, 5.41) is 10.8. The molecule has 21 heavy (non-hydrogen) atoms. The molecule has 0 spiro atoms. The Bertz CT molecular complexity index is 687. The number of nitrogens with two attached hydrogens (primary N) is 1. The van der Waals surface area contributed by atoms with Crippen molar-refractivity contribution in [1.82, 2.24) is 4.31 Å². The second-order valence-corrected chi connectivity index (χ2v) is 8.28. The zero-order chi connectivity index (χ0) is 15.8. The number of halogens is 1. The first-order valence-corrected chi connectivity index (χ1v) is 8.63. The Balaban J connectivity index is 2.43. The maximum atomic E-state index is 12.5. The highest BCUT2D eigenvalue weighted by atomic mass is 35.5. The number of amides is 1. The molecule has 1 saturated heterocycles. The first-order valence-electron chi connectivity index (χ1n) is 6.00. The van der Waals surface area contributed by atoms with Crippen LogP contribution in [0.3, 0.4) is 0 Å². The Morgan fingerprint density at radius 2 is 2.19 bits per heavy atom. The fourth-order valence-corrected chi connectivity index (χ4v) is 5.64. The molecular weight excluding hydrogens is 342 g/mol. The third-order valence-corrected chi connectivity index (χ3v) is 6.88. The van der Waals surface area contributed by atoms with Gasteiger partial charge in [-0.15, -0.1) is 11.3 Å². The number of primary amides is 1. The lowest BCUT2D eigenvalue weighted by molar-refractivity contribution is -0.384. The molecular formula is C10H12ClN3O5S2. The van der Waals surface area contributed by atoms with Crippen LogP contribution in [-0.4, -0.2) is 36.1 Å². The molecule has 0 aromatic carbocycles. The van der Waals surface area contributed by atoms with Crippen LogP contribution >= 0.6 is 22.9 Å². The molecule has 2 heterocycles. The fourth-order valence-electron chi connectivity index (χ4n) is 2.18. The van der Waals surface area contributed by atoms with Gasteiger partial charge in [-0.3, -0.25) is 14.9 Å². The van der Waals surface area contributed by atoms with Gasteiger partial charge in [-0.25, -0.2) is 8.42 Å². The Morgan fingerprint density at radius 3 is 2.71 bits per heavy atom. The van der Waals surface area contributed by atoms with Crippen LogP contribution in [0.4, 0.5) is 5.69 Å². The maximum Gasteiger partial charge on any atom is 0.300 e. The molecule has 1 atom stereocenters. The van der Waals surface area contributed by atoms with Gasteiger partial charge in [0.1, 0.15) is 10.3 Å². The molecule has 11 heteroatoms. The second-order valence-electron chi connectivity index (χ2n) is 4.51. The number of carbonyl (C=O) groups is 1. The van der Waals surface area contributed by atoms with Gasteiger partial charge in [-0.2, -0.15) is 4.31 Å². The third kappa shape index (κ3) is 3.03. The monoisotopic (exact) mass is 353 g/mol. The number of rotatable bonds is 4. The summed E-state index contributed by atoms with van der Waals surface area (Å²) in [6.07, 6.45) is 1.64. The summed E-state index contributed by atoms with van der Waals surface area (Å²) in [4.78, 5) is 21.4. The minimum absolute atomic E-state index is 0.152. The average molecular weight is 354 g/mol. The predicted molar refractivity (Wildman–Crippen MR) is 76.7 cm³/mol. The summed E-state index contributed by atoms with van der Waals surface area (Å²) >= 11 is 6.29. The minimum atomic E-state index is -4.03. The van der Waals surface area contributed by atoms with E-state index < -0.39 is 32.6 Å². The molecule has 1 aliphatic rings. The van der Waals surface area contributed by atoms with Crippen LogP contribution in [0.15, 0.2) is 10.3 Å². The highest BCUT2D eigenvalue weighted by Crippen LogP contribution is 2.38. The van der Waals surface area contributed by atoms with Crippen molar-refractivity contribution < 1.29 is 18.1 Å². The lowest BCUT2D eigenvalue weighted by atomic mass is 10.0. The molecule has 116 valence electrons. The van der Waals surface area contributed by atoms with Gasteiger partial charge in [0.2, 0.25) is 5.91 Å². The highest BCUT2D eigenvalue weighted by molar-refractivity contribution is 7.91. The van der Waals surface area contributed by atoms with Crippen LogP contribution < -0.4 is 5.73 Å². The molecule has 8 nitrogen and oxygen atoms in total. The predicted octanol–water partition coefficient (Wildman–Crippen LogP) is 1.34. The number of sulfonamides is 1. The summed E-state index contributed by atoms with van der Waals surface area (Å²) in [6.45, 7) is 0.152. The van der Waals surface area contributed by atoms with Crippen LogP contribution in [-0.2, 0) is 14.8 Å². The van der Waals surface area contributed by atoms with Crippen LogP contribution in [0.2, 0.25) is 4.34 Å². The fraction of sp³-hybridized carbons (Fsp3) is 0.500. The van der Waals surface area contributed by atoms with E-state index in [4.69, 9.17) is 17.3 Å². The smallest absolute Gasteiger partial charge is 0.300 e. The van der Waals surface area contributed by atoms with Gasteiger partial charge in [0.15, 0.2) is 4.34 Å². The maximum absolute atomic E-state index is 12.5. The van der Waals surface area contributed by atoms with Crippen molar-refractivity contribution in [3.8, 4) is 0 Å². The molecule has 2 N–H and O–H groups in total. The minimum Gasteiger partial charge on any atom is -0.368 e. The van der Waals surface area contributed by atoms with Gasteiger partial charge in [0.25, 0.3) is 15.7 Å². The van der Waals surface area contributed by atoms with Crippen molar-refractivity contribution in [2.45, 2.75) is 29.5 Å². The van der Waals surface area contributed by atoms with Gasteiger partial charge in [-0.05, 0) is 12.8 Å². The number of thiophene rings is 1. The number of hydrogen-bond acceptors (Lipinski definition) is 6. The lowest BCUT2D eigenvalue weighted by Gasteiger charge is -2.31. The van der Waals surface area contributed by atoms with E-state index in [2.05, 4.69) is 0 Å². The Labute approximate surface area is 129 Å². The van der Waals surface area contributed by atoms with Crippen molar-refractivity contribution in [3.05, 3.63) is 20.5 Å². The zero-order valence-corrected chi connectivity index (χ0v) is 13.1. The molecule has 2 rings (SSSR count). The molecule has 1 aromatic rings. The van der Waals surface area contributed by atoms with E-state index in [-0.39, 0.29) is 15.1 Å². The van der Waals surface area contributed by atoms with Gasteiger partial charge >= 0.3 is 0 Å². The Hall–Kier alpha value is -1.23. The number of hydrogen-bond donors (Lipinski definition) is 1. The number of piperidine rings is 1. The van der Waals surface area contributed by atoms with E-state index >= 15 is 0 Å². The van der Waals surface area contributed by atoms with Crippen molar-refractivity contribution in [2.24, 2.45) is 5.73 Å². The quantitative estimate of drug-likeness (QED) is 0.646. The topological polar surface area (TPSA) is 124 Å². The van der Waals surface area contributed by atoms with Gasteiger partial charge in [0.05, 0.1) is 4.92 Å². The number of nitro groups is 1. The number of nitrogens with zero attached hydrogens (tertiary/aromatic N) is 2. The third-order valence-electron chi connectivity index (χ3n) is 3.19. The van der Waals surface area contributed by atoms with E-state index in [1.165, 1.54) is 0 Å². The number of carbonyl (C=O) groups excluding carboxylic acids is 1. The zero-order valence-electron chi connectivity index (χ0n) is 10.7. The Kier molecular flexibility index (Phi) is 4.51. The van der Waals surface area contributed by atoms with Crippen LogP contribution in [0.5, 0.6) is 0 Å². The molecule has 0 aliphatic carbocycles.